The Morgan fingerprint density at radius 1 is 0.933 bits per heavy atom. The molecule has 2 aromatic rings. The summed E-state index contributed by atoms with van der Waals surface area (Å²) in [5.41, 5.74) is 2.14. The minimum absolute atomic E-state index is 0.132. The molecule has 0 aromatic heterocycles. The number of fused-ring (bicyclic) bond motifs is 3. The van der Waals surface area contributed by atoms with Gasteiger partial charge in [-0.05, 0) is 65.5 Å². The molecule has 4 unspecified atom stereocenters. The lowest BCUT2D eigenvalue weighted by molar-refractivity contribution is -0.141. The van der Waals surface area contributed by atoms with E-state index < -0.39 is 0 Å². The zero-order chi connectivity index (χ0) is 20.3. The predicted molar refractivity (Wildman–Crippen MR) is 111 cm³/mol. The fourth-order valence-corrected chi connectivity index (χ4v) is 5.69. The first-order chi connectivity index (χ1) is 14.7. The number of allylic oxidation sites excluding steroid dienone is 2. The van der Waals surface area contributed by atoms with Gasteiger partial charge in [-0.1, -0.05) is 42.5 Å². The predicted octanol–water partition coefficient (Wildman–Crippen LogP) is 3.80. The molecule has 2 aromatic carbocycles. The second-order valence-electron chi connectivity index (χ2n) is 8.80. The van der Waals surface area contributed by atoms with Crippen molar-refractivity contribution in [3.8, 4) is 5.75 Å². The van der Waals surface area contributed by atoms with Crippen LogP contribution in [0.4, 0.5) is 0 Å². The Hall–Kier alpha value is -3.21. The minimum Gasteiger partial charge on any atom is -0.489 e. The van der Waals surface area contributed by atoms with Crippen LogP contribution in [-0.4, -0.2) is 23.0 Å². The second kappa shape index (κ2) is 6.39. The van der Waals surface area contributed by atoms with Crippen LogP contribution in [0, 0.1) is 29.1 Å². The van der Waals surface area contributed by atoms with Crippen molar-refractivity contribution in [2.75, 3.05) is 0 Å². The highest BCUT2D eigenvalue weighted by Crippen LogP contribution is 2.73. The van der Waals surface area contributed by atoms with E-state index in [2.05, 4.69) is 17.3 Å². The van der Waals surface area contributed by atoms with Crippen LogP contribution in [0.5, 0.6) is 5.75 Å². The molecule has 5 nitrogen and oxygen atoms in total. The van der Waals surface area contributed by atoms with Crippen LogP contribution in [0.25, 0.3) is 0 Å². The molecule has 6 rings (SSSR count). The van der Waals surface area contributed by atoms with E-state index in [1.54, 1.807) is 6.21 Å². The summed E-state index contributed by atoms with van der Waals surface area (Å²) < 4.78 is 5.80. The number of hydrazone groups is 1. The van der Waals surface area contributed by atoms with Gasteiger partial charge in [0.1, 0.15) is 12.4 Å². The molecule has 1 saturated heterocycles. The van der Waals surface area contributed by atoms with Gasteiger partial charge in [-0.2, -0.15) is 10.1 Å². The normalized spacial score (nSPS) is 29.9. The summed E-state index contributed by atoms with van der Waals surface area (Å²) in [7, 11) is 0. The average molecular weight is 398 g/mol. The van der Waals surface area contributed by atoms with E-state index in [1.165, 1.54) is 0 Å². The topological polar surface area (TPSA) is 59.0 Å². The third kappa shape index (κ3) is 2.51. The quantitative estimate of drug-likeness (QED) is 0.437. The fraction of sp³-hybridized carbons (Fsp3) is 0.320. The van der Waals surface area contributed by atoms with Crippen molar-refractivity contribution in [3.63, 3.8) is 0 Å². The van der Waals surface area contributed by atoms with E-state index in [0.717, 1.165) is 34.7 Å². The maximum absolute atomic E-state index is 12.9. The molecule has 2 saturated carbocycles. The Bertz CT molecular complexity index is 1040. The van der Waals surface area contributed by atoms with Gasteiger partial charge in [-0.3, -0.25) is 9.59 Å². The van der Waals surface area contributed by atoms with Gasteiger partial charge in [0.2, 0.25) is 0 Å². The van der Waals surface area contributed by atoms with Crippen molar-refractivity contribution in [3.05, 3.63) is 77.9 Å². The zero-order valence-electron chi connectivity index (χ0n) is 16.5. The van der Waals surface area contributed by atoms with Crippen molar-refractivity contribution in [2.24, 2.45) is 34.2 Å². The van der Waals surface area contributed by atoms with Crippen LogP contribution in [0.15, 0.2) is 71.9 Å². The van der Waals surface area contributed by atoms with Gasteiger partial charge in [0.05, 0.1) is 18.1 Å². The Morgan fingerprint density at radius 2 is 1.57 bits per heavy atom. The van der Waals surface area contributed by atoms with Gasteiger partial charge in [0.25, 0.3) is 11.8 Å². The Kier molecular flexibility index (Phi) is 3.76. The number of carbonyl (C=O) groups is 2. The highest BCUT2D eigenvalue weighted by Gasteiger charge is 2.73. The first-order valence-corrected chi connectivity index (χ1v) is 10.5. The largest absolute Gasteiger partial charge is 0.489 e. The standard InChI is InChI=1S/C25H22N2O3/c28-23-21-19-10-11-20(25(19)12-13-25)22(21)24(29)27(23)26-14-16-6-8-18(9-7-16)30-15-17-4-2-1-3-5-17/h1-11,14,19-22H,12-13,15H2/b26-14+. The van der Waals surface area contributed by atoms with Gasteiger partial charge < -0.3 is 4.74 Å². The first-order valence-electron chi connectivity index (χ1n) is 10.5. The number of hydrogen-bond acceptors (Lipinski definition) is 4. The van der Waals surface area contributed by atoms with Crippen molar-refractivity contribution >= 4 is 18.0 Å². The van der Waals surface area contributed by atoms with E-state index >= 15 is 0 Å². The number of rotatable bonds is 5. The lowest BCUT2D eigenvalue weighted by Crippen LogP contribution is -2.30. The van der Waals surface area contributed by atoms with Crippen LogP contribution >= 0.6 is 0 Å². The fourth-order valence-electron chi connectivity index (χ4n) is 5.69. The van der Waals surface area contributed by atoms with Crippen molar-refractivity contribution < 1.29 is 14.3 Å². The average Bonchev–Trinajstić information content (AvgIpc) is 3.38. The molecule has 3 fully saturated rings. The van der Waals surface area contributed by atoms with Crippen LogP contribution in [0.2, 0.25) is 0 Å². The van der Waals surface area contributed by atoms with E-state index in [0.29, 0.717) is 6.61 Å². The van der Waals surface area contributed by atoms with E-state index in [4.69, 9.17) is 4.74 Å². The lowest BCUT2D eigenvalue weighted by Gasteiger charge is -2.18. The number of ether oxygens (including phenoxy) is 1. The zero-order valence-corrected chi connectivity index (χ0v) is 16.5. The molecule has 1 heterocycles. The van der Waals surface area contributed by atoms with E-state index in [1.807, 2.05) is 54.6 Å². The van der Waals surface area contributed by atoms with Crippen LogP contribution in [0.3, 0.4) is 0 Å². The number of nitrogens with zero attached hydrogens (tertiary/aromatic N) is 2. The van der Waals surface area contributed by atoms with Gasteiger partial charge in [-0.15, -0.1) is 0 Å². The Balaban J connectivity index is 1.13. The summed E-state index contributed by atoms with van der Waals surface area (Å²) in [6.45, 7) is 0.506. The minimum atomic E-state index is -0.207. The van der Waals surface area contributed by atoms with Crippen molar-refractivity contribution in [2.45, 2.75) is 19.4 Å². The molecule has 2 amide bonds. The number of benzene rings is 2. The van der Waals surface area contributed by atoms with E-state index in [-0.39, 0.29) is 40.9 Å². The molecular weight excluding hydrogens is 376 g/mol. The second-order valence-corrected chi connectivity index (χ2v) is 8.80. The van der Waals surface area contributed by atoms with Gasteiger partial charge in [0, 0.05) is 0 Å². The molecular formula is C25H22N2O3. The smallest absolute Gasteiger partial charge is 0.254 e. The third-order valence-corrected chi connectivity index (χ3v) is 7.28. The molecule has 1 spiro atoms. The monoisotopic (exact) mass is 398 g/mol. The molecule has 0 N–H and O–H groups in total. The third-order valence-electron chi connectivity index (χ3n) is 7.28. The molecule has 4 atom stereocenters. The lowest BCUT2D eigenvalue weighted by atomic mass is 9.85. The highest BCUT2D eigenvalue weighted by atomic mass is 16.5. The molecule has 4 aliphatic rings. The maximum Gasteiger partial charge on any atom is 0.254 e. The number of imide groups is 1. The van der Waals surface area contributed by atoms with Crippen LogP contribution in [0.1, 0.15) is 24.0 Å². The molecule has 0 radical (unpaired) electrons. The Labute approximate surface area is 175 Å². The summed E-state index contributed by atoms with van der Waals surface area (Å²) in [6.07, 6.45) is 8.21. The number of amides is 2. The molecule has 30 heavy (non-hydrogen) atoms. The summed E-state index contributed by atoms with van der Waals surface area (Å²) in [6, 6.07) is 17.5. The number of carbonyl (C=O) groups excluding carboxylic acids is 2. The molecule has 2 bridgehead atoms. The summed E-state index contributed by atoms with van der Waals surface area (Å²) >= 11 is 0. The summed E-state index contributed by atoms with van der Waals surface area (Å²) in [5, 5.41) is 5.38. The summed E-state index contributed by atoms with van der Waals surface area (Å²) in [5.74, 6) is 0.535. The maximum atomic E-state index is 12.9. The van der Waals surface area contributed by atoms with Gasteiger partial charge in [0.15, 0.2) is 0 Å². The Morgan fingerprint density at radius 3 is 2.17 bits per heavy atom. The van der Waals surface area contributed by atoms with Gasteiger partial charge in [-0.25, -0.2) is 0 Å². The van der Waals surface area contributed by atoms with Crippen LogP contribution < -0.4 is 4.74 Å². The molecule has 3 aliphatic carbocycles. The first kappa shape index (κ1) is 17.6. The molecule has 5 heteroatoms. The van der Waals surface area contributed by atoms with Crippen molar-refractivity contribution in [1.29, 1.82) is 0 Å². The highest BCUT2D eigenvalue weighted by molar-refractivity contribution is 6.07. The molecule has 1 aliphatic heterocycles. The molecule has 150 valence electrons. The van der Waals surface area contributed by atoms with Gasteiger partial charge >= 0.3 is 0 Å². The number of hydrogen-bond donors (Lipinski definition) is 0. The summed E-state index contributed by atoms with van der Waals surface area (Å²) in [4.78, 5) is 25.9. The van der Waals surface area contributed by atoms with Crippen molar-refractivity contribution in [1.82, 2.24) is 5.01 Å². The van der Waals surface area contributed by atoms with E-state index in [9.17, 15) is 9.59 Å². The SMILES string of the molecule is O=C1C2C(C(=O)N1/N=C/c1ccc(OCc3ccccc3)cc1)C1C=CC2C12CC2. The van der Waals surface area contributed by atoms with Crippen LogP contribution in [-0.2, 0) is 16.2 Å².